The molecule has 1 aromatic heterocycles. The van der Waals surface area contributed by atoms with Crippen molar-refractivity contribution in [2.45, 2.75) is 19.3 Å². The lowest BCUT2D eigenvalue weighted by Gasteiger charge is -2.09. The number of fused-ring (bicyclic) bond motifs is 3. The van der Waals surface area contributed by atoms with Crippen molar-refractivity contribution in [1.29, 1.82) is 0 Å². The summed E-state index contributed by atoms with van der Waals surface area (Å²) >= 11 is 5.97. The lowest BCUT2D eigenvalue weighted by atomic mass is 9.95. The molecule has 0 saturated carbocycles. The number of rotatable bonds is 0. The molecule has 0 aliphatic heterocycles. The van der Waals surface area contributed by atoms with Gasteiger partial charge in [0.2, 0.25) is 0 Å². The van der Waals surface area contributed by atoms with E-state index in [0.29, 0.717) is 18.6 Å². The number of carbonyl (C=O) groups is 1. The smallest absolute Gasteiger partial charge is 0.139 e. The molecule has 0 fully saturated rings. The maximum atomic E-state index is 11.3. The highest BCUT2D eigenvalue weighted by Crippen LogP contribution is 2.29. The molecule has 0 spiro atoms. The van der Waals surface area contributed by atoms with Gasteiger partial charge in [0.05, 0.1) is 0 Å². The molecule has 1 N–H and O–H groups in total. The molecule has 0 saturated heterocycles. The van der Waals surface area contributed by atoms with Crippen molar-refractivity contribution in [2.75, 3.05) is 0 Å². The number of aromatic amines is 1. The first-order chi connectivity index (χ1) is 7.24. The number of aromatic nitrogens is 1. The summed E-state index contributed by atoms with van der Waals surface area (Å²) in [4.78, 5) is 14.6. The molecule has 0 bridgehead atoms. The molecule has 1 aliphatic rings. The second kappa shape index (κ2) is 3.11. The number of hydrogen-bond acceptors (Lipinski definition) is 1. The second-order valence-electron chi connectivity index (χ2n) is 3.99. The van der Waals surface area contributed by atoms with Gasteiger partial charge < -0.3 is 4.98 Å². The minimum absolute atomic E-state index is 0.320. The topological polar surface area (TPSA) is 32.9 Å². The SMILES string of the molecule is O=C1CCc2c([nH]c3ccc(Cl)cc23)C1. The highest BCUT2D eigenvalue weighted by molar-refractivity contribution is 6.31. The number of hydrogen-bond donors (Lipinski definition) is 1. The Labute approximate surface area is 92.2 Å². The second-order valence-corrected chi connectivity index (χ2v) is 4.42. The van der Waals surface area contributed by atoms with Gasteiger partial charge in [-0.1, -0.05) is 11.6 Å². The Morgan fingerprint density at radius 1 is 1.27 bits per heavy atom. The third-order valence-electron chi connectivity index (χ3n) is 2.98. The molecule has 1 aliphatic carbocycles. The van der Waals surface area contributed by atoms with Crippen LogP contribution in [0.2, 0.25) is 5.02 Å². The number of aryl methyl sites for hydroxylation is 1. The van der Waals surface area contributed by atoms with Gasteiger partial charge in [0.25, 0.3) is 0 Å². The van der Waals surface area contributed by atoms with Gasteiger partial charge in [-0.15, -0.1) is 0 Å². The molecule has 76 valence electrons. The minimum Gasteiger partial charge on any atom is -0.358 e. The van der Waals surface area contributed by atoms with Crippen LogP contribution in [0, 0.1) is 0 Å². The van der Waals surface area contributed by atoms with Crippen LogP contribution in [0.1, 0.15) is 17.7 Å². The van der Waals surface area contributed by atoms with E-state index in [9.17, 15) is 4.79 Å². The van der Waals surface area contributed by atoms with Crippen molar-refractivity contribution in [3.8, 4) is 0 Å². The maximum Gasteiger partial charge on any atom is 0.139 e. The number of H-pyrrole nitrogens is 1. The van der Waals surface area contributed by atoms with Crippen LogP contribution in [0.25, 0.3) is 10.9 Å². The molecule has 3 rings (SSSR count). The zero-order chi connectivity index (χ0) is 10.4. The lowest BCUT2D eigenvalue weighted by molar-refractivity contribution is -0.118. The standard InChI is InChI=1S/C12H10ClNO/c13-7-1-4-11-10(5-7)9-3-2-8(15)6-12(9)14-11/h1,4-5,14H,2-3,6H2. The van der Waals surface area contributed by atoms with E-state index in [2.05, 4.69) is 4.98 Å². The third kappa shape index (κ3) is 1.37. The van der Waals surface area contributed by atoms with Crippen molar-refractivity contribution < 1.29 is 4.79 Å². The summed E-state index contributed by atoms with van der Waals surface area (Å²) in [6, 6.07) is 5.82. The number of benzene rings is 1. The Balaban J connectivity index is 2.28. The van der Waals surface area contributed by atoms with E-state index in [4.69, 9.17) is 11.6 Å². The van der Waals surface area contributed by atoms with Gasteiger partial charge in [-0.3, -0.25) is 4.79 Å². The van der Waals surface area contributed by atoms with E-state index in [0.717, 1.165) is 22.7 Å². The fraction of sp³-hybridized carbons (Fsp3) is 0.250. The zero-order valence-corrected chi connectivity index (χ0v) is 8.90. The van der Waals surface area contributed by atoms with Crippen molar-refractivity contribution >= 4 is 28.3 Å². The Morgan fingerprint density at radius 2 is 2.13 bits per heavy atom. The molecule has 2 nitrogen and oxygen atoms in total. The maximum absolute atomic E-state index is 11.3. The van der Waals surface area contributed by atoms with Crippen molar-refractivity contribution in [3.05, 3.63) is 34.5 Å². The number of Topliss-reactive ketones (excluding diaryl/α,β-unsaturated/α-hetero) is 1. The van der Waals surface area contributed by atoms with E-state index < -0.39 is 0 Å². The summed E-state index contributed by atoms with van der Waals surface area (Å²) in [7, 11) is 0. The predicted octanol–water partition coefficient (Wildman–Crippen LogP) is 2.88. The molecular weight excluding hydrogens is 210 g/mol. The minimum atomic E-state index is 0.320. The summed E-state index contributed by atoms with van der Waals surface area (Å²) in [5.74, 6) is 0.320. The molecule has 0 amide bonds. The van der Waals surface area contributed by atoms with E-state index >= 15 is 0 Å². The molecule has 1 heterocycles. The molecular formula is C12H10ClNO. The first-order valence-corrected chi connectivity index (χ1v) is 5.42. The fourth-order valence-corrected chi connectivity index (χ4v) is 2.43. The Hall–Kier alpha value is -1.28. The summed E-state index contributed by atoms with van der Waals surface area (Å²) in [6.07, 6.45) is 2.04. The first-order valence-electron chi connectivity index (χ1n) is 5.05. The monoisotopic (exact) mass is 219 g/mol. The summed E-state index contributed by atoms with van der Waals surface area (Å²) in [5.41, 5.74) is 3.43. The summed E-state index contributed by atoms with van der Waals surface area (Å²) in [6.45, 7) is 0. The van der Waals surface area contributed by atoms with Gasteiger partial charge in [-0.05, 0) is 30.2 Å². The highest BCUT2D eigenvalue weighted by Gasteiger charge is 2.19. The summed E-state index contributed by atoms with van der Waals surface area (Å²) < 4.78 is 0. The zero-order valence-electron chi connectivity index (χ0n) is 8.14. The van der Waals surface area contributed by atoms with Crippen LogP contribution in [0.3, 0.4) is 0 Å². The van der Waals surface area contributed by atoms with Gasteiger partial charge in [-0.2, -0.15) is 0 Å². The Kier molecular flexibility index (Phi) is 1.86. The number of halogens is 1. The number of nitrogens with one attached hydrogen (secondary N) is 1. The molecule has 1 aromatic carbocycles. The first kappa shape index (κ1) is 8.98. The van der Waals surface area contributed by atoms with E-state index in [1.165, 1.54) is 10.9 Å². The van der Waals surface area contributed by atoms with Crippen LogP contribution in [0.15, 0.2) is 18.2 Å². The van der Waals surface area contributed by atoms with E-state index in [1.807, 2.05) is 18.2 Å². The average molecular weight is 220 g/mol. The van der Waals surface area contributed by atoms with Crippen LogP contribution >= 0.6 is 11.6 Å². The Morgan fingerprint density at radius 3 is 3.00 bits per heavy atom. The van der Waals surface area contributed by atoms with E-state index in [-0.39, 0.29) is 0 Å². The van der Waals surface area contributed by atoms with Crippen LogP contribution in [-0.2, 0) is 17.6 Å². The highest BCUT2D eigenvalue weighted by atomic mass is 35.5. The number of ketones is 1. The van der Waals surface area contributed by atoms with Crippen molar-refractivity contribution in [1.82, 2.24) is 4.98 Å². The third-order valence-corrected chi connectivity index (χ3v) is 3.22. The van der Waals surface area contributed by atoms with Crippen molar-refractivity contribution in [2.24, 2.45) is 0 Å². The number of carbonyl (C=O) groups excluding carboxylic acids is 1. The normalized spacial score (nSPS) is 15.7. The van der Waals surface area contributed by atoms with Crippen LogP contribution in [-0.4, -0.2) is 10.8 Å². The quantitative estimate of drug-likeness (QED) is 0.726. The Bertz CT molecular complexity index is 556. The van der Waals surface area contributed by atoms with Crippen LogP contribution < -0.4 is 0 Å². The van der Waals surface area contributed by atoms with Gasteiger partial charge in [0, 0.05) is 34.5 Å². The van der Waals surface area contributed by atoms with Gasteiger partial charge >= 0.3 is 0 Å². The molecule has 3 heteroatoms. The molecule has 0 unspecified atom stereocenters. The van der Waals surface area contributed by atoms with Crippen LogP contribution in [0.4, 0.5) is 0 Å². The van der Waals surface area contributed by atoms with E-state index in [1.54, 1.807) is 0 Å². The molecule has 2 aromatic rings. The molecule has 15 heavy (non-hydrogen) atoms. The molecule has 0 atom stereocenters. The van der Waals surface area contributed by atoms with Gasteiger partial charge in [0.15, 0.2) is 0 Å². The predicted molar refractivity (Wildman–Crippen MR) is 60.3 cm³/mol. The summed E-state index contributed by atoms with van der Waals surface area (Å²) in [5, 5.41) is 1.92. The average Bonchev–Trinajstić information content (AvgIpc) is 2.54. The largest absolute Gasteiger partial charge is 0.358 e. The lowest BCUT2D eigenvalue weighted by Crippen LogP contribution is -2.12. The van der Waals surface area contributed by atoms with Gasteiger partial charge in [0.1, 0.15) is 5.78 Å². The molecule has 0 radical (unpaired) electrons. The fourth-order valence-electron chi connectivity index (χ4n) is 2.26. The van der Waals surface area contributed by atoms with Gasteiger partial charge in [-0.25, -0.2) is 0 Å². The van der Waals surface area contributed by atoms with Crippen molar-refractivity contribution in [3.63, 3.8) is 0 Å². The van der Waals surface area contributed by atoms with Crippen LogP contribution in [0.5, 0.6) is 0 Å².